The van der Waals surface area contributed by atoms with Crippen LogP contribution in [0.4, 0.5) is 4.79 Å². The third kappa shape index (κ3) is 6.57. The second-order valence-corrected chi connectivity index (χ2v) is 7.17. The van der Waals surface area contributed by atoms with Gasteiger partial charge in [0.1, 0.15) is 5.01 Å². The van der Waals surface area contributed by atoms with E-state index in [0.717, 1.165) is 5.01 Å². The lowest BCUT2D eigenvalue weighted by Crippen LogP contribution is -2.41. The minimum atomic E-state index is -0.891. The summed E-state index contributed by atoms with van der Waals surface area (Å²) >= 11 is 1.46. The van der Waals surface area contributed by atoms with E-state index in [4.69, 9.17) is 0 Å². The highest BCUT2D eigenvalue weighted by Gasteiger charge is 2.25. The number of hydrogen-bond acceptors (Lipinski definition) is 4. The van der Waals surface area contributed by atoms with E-state index in [1.54, 1.807) is 6.20 Å². The molecule has 0 aliphatic carbocycles. The van der Waals surface area contributed by atoms with Crippen molar-refractivity contribution in [1.82, 2.24) is 15.6 Å². The molecule has 1 heterocycles. The number of thiazole rings is 1. The second kappa shape index (κ2) is 7.40. The van der Waals surface area contributed by atoms with Gasteiger partial charge < -0.3 is 15.7 Å². The van der Waals surface area contributed by atoms with Crippen LogP contribution in [-0.4, -0.2) is 28.6 Å². The number of aromatic nitrogens is 1. The maximum absolute atomic E-state index is 11.8. The minimum absolute atomic E-state index is 0.102. The van der Waals surface area contributed by atoms with Gasteiger partial charge in [0, 0.05) is 18.1 Å². The Morgan fingerprint density at radius 1 is 1.43 bits per heavy atom. The highest BCUT2D eigenvalue weighted by molar-refractivity contribution is 7.09. The molecule has 1 aromatic heterocycles. The van der Waals surface area contributed by atoms with Gasteiger partial charge in [-0.15, -0.1) is 11.3 Å². The number of carboxylic acids is 1. The summed E-state index contributed by atoms with van der Waals surface area (Å²) in [5.74, 6) is -1.48. The summed E-state index contributed by atoms with van der Waals surface area (Å²) in [6, 6.07) is -0.575. The molecule has 1 aromatic rings. The van der Waals surface area contributed by atoms with Gasteiger partial charge in [0.15, 0.2) is 0 Å². The van der Waals surface area contributed by atoms with Crippen LogP contribution in [0.2, 0.25) is 0 Å². The minimum Gasteiger partial charge on any atom is -0.481 e. The van der Waals surface area contributed by atoms with Crippen molar-refractivity contribution in [2.24, 2.45) is 11.3 Å². The van der Waals surface area contributed by atoms with E-state index in [1.807, 2.05) is 33.1 Å². The van der Waals surface area contributed by atoms with Gasteiger partial charge in [-0.3, -0.25) is 4.79 Å². The smallest absolute Gasteiger partial charge is 0.315 e. The van der Waals surface area contributed by atoms with Gasteiger partial charge >= 0.3 is 12.0 Å². The number of carbonyl (C=O) groups excluding carboxylic acids is 1. The maximum Gasteiger partial charge on any atom is 0.315 e. The Hall–Kier alpha value is -1.63. The Morgan fingerprint density at radius 2 is 2.10 bits per heavy atom. The van der Waals surface area contributed by atoms with Gasteiger partial charge in [0.25, 0.3) is 0 Å². The summed E-state index contributed by atoms with van der Waals surface area (Å²) in [6.07, 6.45) is 2.19. The van der Waals surface area contributed by atoms with E-state index in [0.29, 0.717) is 6.42 Å². The topological polar surface area (TPSA) is 91.3 Å². The number of hydrogen-bond donors (Lipinski definition) is 3. The van der Waals surface area contributed by atoms with Crippen LogP contribution in [-0.2, 0) is 4.79 Å². The maximum atomic E-state index is 11.8. The Bertz CT molecular complexity index is 468. The van der Waals surface area contributed by atoms with Crippen molar-refractivity contribution < 1.29 is 14.7 Å². The molecule has 118 valence electrons. The van der Waals surface area contributed by atoms with E-state index >= 15 is 0 Å². The van der Waals surface area contributed by atoms with Crippen LogP contribution in [0.1, 0.15) is 45.2 Å². The molecule has 2 unspecified atom stereocenters. The first-order valence-electron chi connectivity index (χ1n) is 6.85. The van der Waals surface area contributed by atoms with Crippen molar-refractivity contribution in [3.63, 3.8) is 0 Å². The summed E-state index contributed by atoms with van der Waals surface area (Å²) in [5.41, 5.74) is -0.102. The number of amides is 2. The molecule has 6 nitrogen and oxygen atoms in total. The van der Waals surface area contributed by atoms with Gasteiger partial charge in [0.05, 0.1) is 12.0 Å². The highest BCUT2D eigenvalue weighted by atomic mass is 32.1. The van der Waals surface area contributed by atoms with Crippen molar-refractivity contribution in [1.29, 1.82) is 0 Å². The van der Waals surface area contributed by atoms with Crippen LogP contribution in [0, 0.1) is 11.3 Å². The molecule has 0 aromatic carbocycles. The monoisotopic (exact) mass is 313 g/mol. The van der Waals surface area contributed by atoms with E-state index in [2.05, 4.69) is 15.6 Å². The number of urea groups is 1. The predicted molar refractivity (Wildman–Crippen MR) is 82.3 cm³/mol. The van der Waals surface area contributed by atoms with E-state index in [-0.39, 0.29) is 24.0 Å². The molecule has 2 amide bonds. The lowest BCUT2D eigenvalue weighted by molar-refractivity contribution is -0.142. The Morgan fingerprint density at radius 3 is 2.57 bits per heavy atom. The third-order valence-corrected chi connectivity index (χ3v) is 3.84. The number of carboxylic acid groups (broad SMARTS) is 1. The Balaban J connectivity index is 2.45. The average Bonchev–Trinajstić information content (AvgIpc) is 2.86. The molecule has 3 N–H and O–H groups in total. The van der Waals surface area contributed by atoms with Crippen LogP contribution in [0.5, 0.6) is 0 Å². The predicted octanol–water partition coefficient (Wildman–Crippen LogP) is 2.64. The number of rotatable bonds is 6. The van der Waals surface area contributed by atoms with Gasteiger partial charge in [-0.1, -0.05) is 20.8 Å². The zero-order chi connectivity index (χ0) is 16.0. The molecule has 1 rings (SSSR count). The molecule has 0 aliphatic heterocycles. The van der Waals surface area contributed by atoms with Crippen molar-refractivity contribution in [2.75, 3.05) is 6.54 Å². The van der Waals surface area contributed by atoms with E-state index < -0.39 is 11.9 Å². The van der Waals surface area contributed by atoms with Crippen LogP contribution >= 0.6 is 11.3 Å². The van der Waals surface area contributed by atoms with Gasteiger partial charge in [-0.05, 0) is 18.8 Å². The van der Waals surface area contributed by atoms with Crippen LogP contribution in [0.3, 0.4) is 0 Å². The molecule has 0 spiro atoms. The Labute approximate surface area is 129 Å². The summed E-state index contributed by atoms with van der Waals surface area (Å²) in [4.78, 5) is 27.1. The Kier molecular flexibility index (Phi) is 6.14. The van der Waals surface area contributed by atoms with Crippen molar-refractivity contribution >= 4 is 23.3 Å². The highest BCUT2D eigenvalue weighted by Crippen LogP contribution is 2.24. The molecule has 0 fully saturated rings. The summed E-state index contributed by atoms with van der Waals surface area (Å²) in [6.45, 7) is 7.89. The molecule has 0 saturated carbocycles. The molecule has 7 heteroatoms. The molecule has 0 bridgehead atoms. The third-order valence-electron chi connectivity index (χ3n) is 2.89. The van der Waals surface area contributed by atoms with Crippen LogP contribution in [0.25, 0.3) is 0 Å². The quantitative estimate of drug-likeness (QED) is 0.753. The fourth-order valence-electron chi connectivity index (χ4n) is 1.96. The van der Waals surface area contributed by atoms with Gasteiger partial charge in [0.2, 0.25) is 0 Å². The van der Waals surface area contributed by atoms with Crippen molar-refractivity contribution in [3.05, 3.63) is 16.6 Å². The number of nitrogens with zero attached hydrogens (tertiary/aromatic N) is 1. The fourth-order valence-corrected chi connectivity index (χ4v) is 2.61. The van der Waals surface area contributed by atoms with Crippen LogP contribution < -0.4 is 10.6 Å². The standard InChI is InChI=1S/C14H23N3O3S/c1-9(11-15-5-6-21-11)17-13(20)16-8-10(12(18)19)7-14(2,3)4/h5-6,9-10H,7-8H2,1-4H3,(H,18,19)(H2,16,17,20). The van der Waals surface area contributed by atoms with Crippen molar-refractivity contribution in [2.45, 2.75) is 40.2 Å². The normalized spacial score (nSPS) is 14.3. The largest absolute Gasteiger partial charge is 0.481 e. The van der Waals surface area contributed by atoms with Crippen molar-refractivity contribution in [3.8, 4) is 0 Å². The SMILES string of the molecule is CC(NC(=O)NCC(CC(C)(C)C)C(=O)O)c1nccs1. The van der Waals surface area contributed by atoms with E-state index in [9.17, 15) is 14.7 Å². The fraction of sp³-hybridized carbons (Fsp3) is 0.643. The second-order valence-electron chi connectivity index (χ2n) is 6.25. The molecule has 21 heavy (non-hydrogen) atoms. The first-order valence-corrected chi connectivity index (χ1v) is 7.73. The summed E-state index contributed by atoms with van der Waals surface area (Å²) in [5, 5.41) is 17.2. The van der Waals surface area contributed by atoms with E-state index in [1.165, 1.54) is 11.3 Å². The van der Waals surface area contributed by atoms with Crippen LogP contribution in [0.15, 0.2) is 11.6 Å². The number of nitrogens with one attached hydrogen (secondary N) is 2. The lowest BCUT2D eigenvalue weighted by atomic mass is 9.84. The molecular formula is C14H23N3O3S. The average molecular weight is 313 g/mol. The van der Waals surface area contributed by atoms with Gasteiger partial charge in [-0.25, -0.2) is 9.78 Å². The zero-order valence-electron chi connectivity index (χ0n) is 12.8. The zero-order valence-corrected chi connectivity index (χ0v) is 13.7. The number of carbonyl (C=O) groups is 2. The molecule has 2 atom stereocenters. The molecule has 0 radical (unpaired) electrons. The summed E-state index contributed by atoms with van der Waals surface area (Å²) < 4.78 is 0. The first kappa shape index (κ1) is 17.4. The van der Waals surface area contributed by atoms with Gasteiger partial charge in [-0.2, -0.15) is 0 Å². The summed E-state index contributed by atoms with van der Waals surface area (Å²) in [7, 11) is 0. The molecule has 0 aliphatic rings. The molecular weight excluding hydrogens is 290 g/mol. The lowest BCUT2D eigenvalue weighted by Gasteiger charge is -2.23. The number of aliphatic carboxylic acids is 1. The first-order chi connectivity index (χ1) is 9.69. The molecule has 0 saturated heterocycles.